The van der Waals surface area contributed by atoms with Gasteiger partial charge in [-0.05, 0) is 53.2 Å². The molecule has 0 radical (unpaired) electrons. The number of rotatable bonds is 4. The van der Waals surface area contributed by atoms with E-state index in [-0.39, 0.29) is 5.78 Å². The zero-order chi connectivity index (χ0) is 18.9. The maximum Gasteiger partial charge on any atom is 0.168 e. The second-order valence-electron chi connectivity index (χ2n) is 7.11. The van der Waals surface area contributed by atoms with Gasteiger partial charge in [0.25, 0.3) is 0 Å². The average molecular weight is 385 g/mol. The first-order valence-electron chi connectivity index (χ1n) is 9.39. The number of fused-ring (bicyclic) bond motifs is 2. The van der Waals surface area contributed by atoms with Crippen molar-refractivity contribution in [1.82, 2.24) is 15.3 Å². The van der Waals surface area contributed by atoms with Crippen LogP contribution in [0.25, 0.3) is 21.2 Å². The molecule has 0 saturated carbocycles. The summed E-state index contributed by atoms with van der Waals surface area (Å²) in [5, 5.41) is 5.54. The van der Waals surface area contributed by atoms with Crippen LogP contribution in [0.2, 0.25) is 0 Å². The molecule has 28 heavy (non-hydrogen) atoms. The van der Waals surface area contributed by atoms with Gasteiger partial charge in [0, 0.05) is 35.6 Å². The van der Waals surface area contributed by atoms with Crippen molar-refractivity contribution in [2.75, 3.05) is 6.54 Å². The molecule has 5 heteroatoms. The molecule has 0 bridgehead atoms. The number of carbonyl (C=O) groups is 1. The van der Waals surface area contributed by atoms with Crippen LogP contribution < -0.4 is 5.32 Å². The van der Waals surface area contributed by atoms with Crippen molar-refractivity contribution < 1.29 is 4.79 Å². The lowest BCUT2D eigenvalue weighted by atomic mass is 9.96. The molecule has 4 nitrogen and oxygen atoms in total. The number of carbonyl (C=O) groups excluding carboxylic acids is 1. The van der Waals surface area contributed by atoms with Gasteiger partial charge in [-0.3, -0.25) is 14.8 Å². The lowest BCUT2D eigenvalue weighted by molar-refractivity contribution is 0.0992. The second-order valence-corrected chi connectivity index (χ2v) is 8.00. The summed E-state index contributed by atoms with van der Waals surface area (Å²) in [5.74, 6) is 0.110. The van der Waals surface area contributed by atoms with Crippen LogP contribution in [-0.2, 0) is 19.4 Å². The van der Waals surface area contributed by atoms with Crippen molar-refractivity contribution in [3.8, 4) is 10.4 Å². The van der Waals surface area contributed by atoms with Crippen LogP contribution in [0.15, 0.2) is 60.4 Å². The van der Waals surface area contributed by atoms with Gasteiger partial charge in [-0.15, -0.1) is 11.3 Å². The number of nitrogens with zero attached hydrogens (tertiary/aromatic N) is 2. The summed E-state index contributed by atoms with van der Waals surface area (Å²) in [6.45, 7) is 1.84. The van der Waals surface area contributed by atoms with Gasteiger partial charge in [0.2, 0.25) is 0 Å². The van der Waals surface area contributed by atoms with Gasteiger partial charge in [0.05, 0.1) is 16.8 Å². The topological polar surface area (TPSA) is 54.9 Å². The molecule has 0 saturated heterocycles. The van der Waals surface area contributed by atoms with E-state index in [0.717, 1.165) is 52.0 Å². The number of Topliss-reactive ketones (excluding diaryl/α,β-unsaturated/α-hetero) is 1. The summed E-state index contributed by atoms with van der Waals surface area (Å²) < 4.78 is 0. The largest absolute Gasteiger partial charge is 0.312 e. The quantitative estimate of drug-likeness (QED) is 0.528. The Bertz CT molecular complexity index is 1170. The molecule has 0 amide bonds. The Labute approximate surface area is 167 Å². The molecule has 0 atom stereocenters. The highest BCUT2D eigenvalue weighted by molar-refractivity contribution is 7.13. The first-order valence-corrected chi connectivity index (χ1v) is 10.3. The minimum atomic E-state index is 0.110. The Morgan fingerprint density at radius 2 is 2.00 bits per heavy atom. The van der Waals surface area contributed by atoms with Crippen molar-refractivity contribution in [1.29, 1.82) is 0 Å². The minimum absolute atomic E-state index is 0.110. The van der Waals surface area contributed by atoms with E-state index in [4.69, 9.17) is 0 Å². The Morgan fingerprint density at radius 3 is 2.89 bits per heavy atom. The molecule has 5 rings (SSSR count). The molecular weight excluding hydrogens is 366 g/mol. The van der Waals surface area contributed by atoms with Crippen molar-refractivity contribution in [3.05, 3.63) is 82.8 Å². The second kappa shape index (κ2) is 7.26. The smallest absolute Gasteiger partial charge is 0.168 e. The van der Waals surface area contributed by atoms with Crippen LogP contribution in [0.3, 0.4) is 0 Å². The number of pyridine rings is 1. The minimum Gasteiger partial charge on any atom is -0.312 e. The van der Waals surface area contributed by atoms with Gasteiger partial charge in [0.15, 0.2) is 5.78 Å². The Hall–Kier alpha value is -2.89. The van der Waals surface area contributed by atoms with E-state index in [1.54, 1.807) is 11.3 Å². The molecule has 2 aromatic heterocycles. The van der Waals surface area contributed by atoms with E-state index >= 15 is 0 Å². The van der Waals surface area contributed by atoms with E-state index in [1.807, 2.05) is 36.1 Å². The number of hydrogen-bond donors (Lipinski definition) is 1. The molecular formula is C23H19N3OS. The molecule has 0 unspecified atom stereocenters. The third kappa shape index (κ3) is 3.35. The fourth-order valence-electron chi connectivity index (χ4n) is 3.72. The first kappa shape index (κ1) is 17.2. The summed E-state index contributed by atoms with van der Waals surface area (Å²) in [4.78, 5) is 22.6. The van der Waals surface area contributed by atoms with Crippen molar-refractivity contribution in [2.45, 2.75) is 19.4 Å². The van der Waals surface area contributed by atoms with Crippen LogP contribution in [0.1, 0.15) is 27.2 Å². The maximum absolute atomic E-state index is 12.8. The summed E-state index contributed by atoms with van der Waals surface area (Å²) in [7, 11) is 0. The first-order chi connectivity index (χ1) is 13.8. The van der Waals surface area contributed by atoms with Gasteiger partial charge < -0.3 is 5.32 Å². The van der Waals surface area contributed by atoms with E-state index in [1.165, 1.54) is 11.1 Å². The van der Waals surface area contributed by atoms with Crippen LogP contribution in [0.5, 0.6) is 0 Å². The number of benzene rings is 2. The van der Waals surface area contributed by atoms with Crippen molar-refractivity contribution in [3.63, 3.8) is 0 Å². The van der Waals surface area contributed by atoms with Crippen LogP contribution in [0, 0.1) is 0 Å². The predicted molar refractivity (Wildman–Crippen MR) is 113 cm³/mol. The molecule has 0 aliphatic carbocycles. The third-order valence-electron chi connectivity index (χ3n) is 5.25. The summed E-state index contributed by atoms with van der Waals surface area (Å²) in [6.07, 6.45) is 5.07. The number of aromatic nitrogens is 2. The van der Waals surface area contributed by atoms with Gasteiger partial charge in [0.1, 0.15) is 0 Å². The number of nitrogens with one attached hydrogen (secondary N) is 1. The monoisotopic (exact) mass is 385 g/mol. The van der Waals surface area contributed by atoms with E-state index in [2.05, 4.69) is 39.6 Å². The molecule has 1 aliphatic heterocycles. The fourth-order valence-corrected chi connectivity index (χ4v) is 4.34. The van der Waals surface area contributed by atoms with Crippen LogP contribution in [0.4, 0.5) is 0 Å². The maximum atomic E-state index is 12.8. The molecule has 4 aromatic rings. The lowest BCUT2D eigenvalue weighted by Gasteiger charge is -2.17. The molecule has 0 spiro atoms. The lowest BCUT2D eigenvalue weighted by Crippen LogP contribution is -2.24. The summed E-state index contributed by atoms with van der Waals surface area (Å²) in [5.41, 5.74) is 7.12. The average Bonchev–Trinajstić information content (AvgIpc) is 3.28. The fraction of sp³-hybridized carbons (Fsp3) is 0.174. The number of ketones is 1. The Balaban J connectivity index is 1.42. The van der Waals surface area contributed by atoms with Gasteiger partial charge in [-0.1, -0.05) is 24.3 Å². The SMILES string of the molecule is O=C(Cc1cc2cc(-c3cncs3)ccc2cn1)c1ccc2c(c1)CNCC2. The molecule has 0 fully saturated rings. The molecule has 3 heterocycles. The van der Waals surface area contributed by atoms with Crippen LogP contribution in [-0.4, -0.2) is 22.3 Å². The zero-order valence-corrected chi connectivity index (χ0v) is 16.1. The van der Waals surface area contributed by atoms with Gasteiger partial charge in [-0.25, -0.2) is 0 Å². The van der Waals surface area contributed by atoms with E-state index in [0.29, 0.717) is 6.42 Å². The highest BCUT2D eigenvalue weighted by atomic mass is 32.1. The molecule has 138 valence electrons. The normalized spacial score (nSPS) is 13.4. The highest BCUT2D eigenvalue weighted by Gasteiger charge is 2.14. The standard InChI is InChI=1S/C23H19N3OS/c27-22(16-2-1-15-5-6-24-11-20(15)7-16)10-21-9-19-8-17(23-13-25-14-28-23)3-4-18(19)12-26-21/h1-4,7-9,12-14,24H,5-6,10-11H2. The van der Waals surface area contributed by atoms with E-state index in [9.17, 15) is 4.79 Å². The van der Waals surface area contributed by atoms with Crippen molar-refractivity contribution >= 4 is 27.9 Å². The zero-order valence-electron chi connectivity index (χ0n) is 15.3. The summed E-state index contributed by atoms with van der Waals surface area (Å²) in [6, 6.07) is 14.4. The predicted octanol–water partition coefficient (Wildman–Crippen LogP) is 4.43. The van der Waals surface area contributed by atoms with Gasteiger partial charge in [-0.2, -0.15) is 0 Å². The molecule has 1 N–H and O–H groups in total. The molecule has 2 aromatic carbocycles. The highest BCUT2D eigenvalue weighted by Crippen LogP contribution is 2.27. The van der Waals surface area contributed by atoms with Gasteiger partial charge >= 0.3 is 0 Å². The van der Waals surface area contributed by atoms with Crippen LogP contribution >= 0.6 is 11.3 Å². The molecule has 1 aliphatic rings. The third-order valence-corrected chi connectivity index (χ3v) is 6.07. The Morgan fingerprint density at radius 1 is 1.04 bits per heavy atom. The number of thiazole rings is 1. The summed E-state index contributed by atoms with van der Waals surface area (Å²) >= 11 is 1.62. The van der Waals surface area contributed by atoms with E-state index < -0.39 is 0 Å². The number of hydrogen-bond acceptors (Lipinski definition) is 5. The van der Waals surface area contributed by atoms with Crippen molar-refractivity contribution in [2.24, 2.45) is 0 Å². The Kier molecular flexibility index (Phi) is 4.47.